The molecule has 0 aromatic heterocycles. The summed E-state index contributed by atoms with van der Waals surface area (Å²) in [5, 5.41) is 11.4. The van der Waals surface area contributed by atoms with Gasteiger partial charge in [0, 0.05) is 12.2 Å². The highest BCUT2D eigenvalue weighted by atomic mass is 16.5. The van der Waals surface area contributed by atoms with Crippen LogP contribution in [0.5, 0.6) is 5.75 Å². The van der Waals surface area contributed by atoms with E-state index >= 15 is 0 Å². The van der Waals surface area contributed by atoms with E-state index in [0.29, 0.717) is 23.5 Å². The standard InChI is InChI=1S/C16H15N3O2/c17-9-12-1-3-13(4-2-12)10-19-16(20)11-21-15-7-5-14(18)6-8-15/h1-8H,10-11,18H2,(H,19,20). The van der Waals surface area contributed by atoms with Crippen LogP contribution in [0.3, 0.4) is 0 Å². The Balaban J connectivity index is 1.76. The minimum Gasteiger partial charge on any atom is -0.484 e. The molecule has 2 rings (SSSR count). The second-order valence-electron chi connectivity index (χ2n) is 4.44. The number of anilines is 1. The summed E-state index contributed by atoms with van der Waals surface area (Å²) in [4.78, 5) is 11.7. The van der Waals surface area contributed by atoms with E-state index in [4.69, 9.17) is 15.7 Å². The molecule has 0 fully saturated rings. The minimum absolute atomic E-state index is 0.0554. The summed E-state index contributed by atoms with van der Waals surface area (Å²) in [6.07, 6.45) is 0. The van der Waals surface area contributed by atoms with Crippen LogP contribution in [0.15, 0.2) is 48.5 Å². The zero-order valence-corrected chi connectivity index (χ0v) is 11.4. The average Bonchev–Trinajstić information content (AvgIpc) is 2.53. The van der Waals surface area contributed by atoms with E-state index < -0.39 is 0 Å². The highest BCUT2D eigenvalue weighted by Crippen LogP contribution is 2.12. The maximum absolute atomic E-state index is 11.7. The number of nitrogens with one attached hydrogen (secondary N) is 1. The molecule has 0 aliphatic heterocycles. The fraction of sp³-hybridized carbons (Fsp3) is 0.125. The van der Waals surface area contributed by atoms with E-state index in [1.807, 2.05) is 6.07 Å². The predicted octanol–water partition coefficient (Wildman–Crippen LogP) is 1.84. The third-order valence-corrected chi connectivity index (χ3v) is 2.82. The number of amides is 1. The molecule has 0 aliphatic rings. The van der Waals surface area contributed by atoms with E-state index in [1.54, 1.807) is 48.5 Å². The van der Waals surface area contributed by atoms with Crippen molar-refractivity contribution < 1.29 is 9.53 Å². The van der Waals surface area contributed by atoms with Gasteiger partial charge in [-0.05, 0) is 42.0 Å². The van der Waals surface area contributed by atoms with Gasteiger partial charge in [-0.3, -0.25) is 4.79 Å². The second-order valence-corrected chi connectivity index (χ2v) is 4.44. The van der Waals surface area contributed by atoms with Crippen molar-refractivity contribution in [2.45, 2.75) is 6.54 Å². The first kappa shape index (κ1) is 14.4. The van der Waals surface area contributed by atoms with E-state index in [-0.39, 0.29) is 12.5 Å². The molecular formula is C16H15N3O2. The zero-order chi connectivity index (χ0) is 15.1. The summed E-state index contributed by atoms with van der Waals surface area (Å²) in [7, 11) is 0. The number of nitrogens with two attached hydrogens (primary N) is 1. The second kappa shape index (κ2) is 6.96. The van der Waals surface area contributed by atoms with Gasteiger partial charge in [-0.1, -0.05) is 12.1 Å². The highest BCUT2D eigenvalue weighted by molar-refractivity contribution is 5.77. The molecule has 0 radical (unpaired) electrons. The number of hydrogen-bond donors (Lipinski definition) is 2. The van der Waals surface area contributed by atoms with Crippen molar-refractivity contribution in [2.24, 2.45) is 0 Å². The van der Waals surface area contributed by atoms with E-state index in [2.05, 4.69) is 5.32 Å². The Morgan fingerprint density at radius 1 is 1.14 bits per heavy atom. The monoisotopic (exact) mass is 281 g/mol. The van der Waals surface area contributed by atoms with Crippen LogP contribution in [0.25, 0.3) is 0 Å². The molecule has 5 nitrogen and oxygen atoms in total. The summed E-state index contributed by atoms with van der Waals surface area (Å²) < 4.78 is 5.34. The molecular weight excluding hydrogens is 266 g/mol. The van der Waals surface area contributed by atoms with Gasteiger partial charge in [0.05, 0.1) is 11.6 Å². The Labute approximate surface area is 123 Å². The maximum atomic E-state index is 11.7. The van der Waals surface area contributed by atoms with Crippen molar-refractivity contribution in [1.29, 1.82) is 5.26 Å². The van der Waals surface area contributed by atoms with Gasteiger partial charge in [-0.25, -0.2) is 0 Å². The first-order chi connectivity index (χ1) is 10.2. The maximum Gasteiger partial charge on any atom is 0.258 e. The Morgan fingerprint density at radius 2 is 1.81 bits per heavy atom. The molecule has 0 saturated heterocycles. The Hall–Kier alpha value is -3.00. The SMILES string of the molecule is N#Cc1ccc(CNC(=O)COc2ccc(N)cc2)cc1. The summed E-state index contributed by atoms with van der Waals surface area (Å²) in [5.41, 5.74) is 7.73. The van der Waals surface area contributed by atoms with Crippen molar-refractivity contribution in [3.8, 4) is 11.8 Å². The fourth-order valence-corrected chi connectivity index (χ4v) is 1.66. The van der Waals surface area contributed by atoms with Crippen LogP contribution in [-0.4, -0.2) is 12.5 Å². The van der Waals surface area contributed by atoms with Gasteiger partial charge in [0.15, 0.2) is 6.61 Å². The lowest BCUT2D eigenvalue weighted by Gasteiger charge is -2.08. The first-order valence-electron chi connectivity index (χ1n) is 6.41. The molecule has 0 heterocycles. The molecule has 0 unspecified atom stereocenters. The zero-order valence-electron chi connectivity index (χ0n) is 11.4. The number of carbonyl (C=O) groups excluding carboxylic acids is 1. The Morgan fingerprint density at radius 3 is 2.43 bits per heavy atom. The van der Waals surface area contributed by atoms with Crippen LogP contribution < -0.4 is 15.8 Å². The van der Waals surface area contributed by atoms with Crippen LogP contribution in [0.2, 0.25) is 0 Å². The molecule has 3 N–H and O–H groups in total. The molecule has 21 heavy (non-hydrogen) atoms. The number of hydrogen-bond acceptors (Lipinski definition) is 4. The summed E-state index contributed by atoms with van der Waals surface area (Å²) >= 11 is 0. The molecule has 0 spiro atoms. The number of nitriles is 1. The summed E-state index contributed by atoms with van der Waals surface area (Å²) in [6, 6.07) is 15.9. The van der Waals surface area contributed by atoms with Crippen LogP contribution >= 0.6 is 0 Å². The predicted molar refractivity (Wildman–Crippen MR) is 79.4 cm³/mol. The largest absolute Gasteiger partial charge is 0.484 e. The number of benzene rings is 2. The van der Waals surface area contributed by atoms with Crippen LogP contribution in [0.4, 0.5) is 5.69 Å². The lowest BCUT2D eigenvalue weighted by Crippen LogP contribution is -2.28. The van der Waals surface area contributed by atoms with Crippen LogP contribution in [0, 0.1) is 11.3 Å². The van der Waals surface area contributed by atoms with Gasteiger partial charge >= 0.3 is 0 Å². The molecule has 2 aromatic rings. The summed E-state index contributed by atoms with van der Waals surface area (Å²) in [6.45, 7) is 0.343. The van der Waals surface area contributed by atoms with Gasteiger partial charge in [0.25, 0.3) is 5.91 Å². The van der Waals surface area contributed by atoms with E-state index in [1.165, 1.54) is 0 Å². The lowest BCUT2D eigenvalue weighted by molar-refractivity contribution is -0.123. The number of carbonyl (C=O) groups is 1. The molecule has 106 valence electrons. The van der Waals surface area contributed by atoms with E-state index in [0.717, 1.165) is 5.56 Å². The van der Waals surface area contributed by atoms with Crippen molar-refractivity contribution in [3.05, 3.63) is 59.7 Å². The van der Waals surface area contributed by atoms with Gasteiger partial charge in [-0.15, -0.1) is 0 Å². The fourth-order valence-electron chi connectivity index (χ4n) is 1.66. The molecule has 0 aliphatic carbocycles. The van der Waals surface area contributed by atoms with Gasteiger partial charge in [0.1, 0.15) is 5.75 Å². The number of rotatable bonds is 5. The molecule has 2 aromatic carbocycles. The third-order valence-electron chi connectivity index (χ3n) is 2.82. The quantitative estimate of drug-likeness (QED) is 0.818. The third kappa shape index (κ3) is 4.55. The molecule has 0 bridgehead atoms. The van der Waals surface area contributed by atoms with Crippen LogP contribution in [-0.2, 0) is 11.3 Å². The molecule has 0 saturated carbocycles. The van der Waals surface area contributed by atoms with Crippen molar-refractivity contribution in [3.63, 3.8) is 0 Å². The molecule has 5 heteroatoms. The van der Waals surface area contributed by atoms with Gasteiger partial charge in [-0.2, -0.15) is 5.26 Å². The Kier molecular flexibility index (Phi) is 4.78. The number of nitrogen functional groups attached to an aromatic ring is 1. The van der Waals surface area contributed by atoms with Crippen molar-refractivity contribution >= 4 is 11.6 Å². The summed E-state index contributed by atoms with van der Waals surface area (Å²) in [5.74, 6) is 0.383. The molecule has 0 atom stereocenters. The minimum atomic E-state index is -0.212. The number of ether oxygens (including phenoxy) is 1. The molecule has 1 amide bonds. The Bertz CT molecular complexity index is 643. The van der Waals surface area contributed by atoms with E-state index in [9.17, 15) is 4.79 Å². The van der Waals surface area contributed by atoms with Gasteiger partial charge in [0.2, 0.25) is 0 Å². The smallest absolute Gasteiger partial charge is 0.258 e. The number of nitrogens with zero attached hydrogens (tertiary/aromatic N) is 1. The lowest BCUT2D eigenvalue weighted by atomic mass is 10.1. The normalized spacial score (nSPS) is 9.67. The average molecular weight is 281 g/mol. The first-order valence-corrected chi connectivity index (χ1v) is 6.41. The van der Waals surface area contributed by atoms with Crippen molar-refractivity contribution in [1.82, 2.24) is 5.32 Å². The van der Waals surface area contributed by atoms with Crippen molar-refractivity contribution in [2.75, 3.05) is 12.3 Å². The highest BCUT2D eigenvalue weighted by Gasteiger charge is 2.03. The van der Waals surface area contributed by atoms with Crippen LogP contribution in [0.1, 0.15) is 11.1 Å². The topological polar surface area (TPSA) is 88.1 Å². The van der Waals surface area contributed by atoms with Gasteiger partial charge < -0.3 is 15.8 Å².